The average Bonchev–Trinajstić information content (AvgIpc) is 2.60. The van der Waals surface area contributed by atoms with E-state index in [0.717, 1.165) is 0 Å². The Labute approximate surface area is 141 Å². The fourth-order valence-electron chi connectivity index (χ4n) is 1.78. The number of allylic oxidation sites excluding steroid dienone is 2. The molecule has 0 unspecified atom stereocenters. The van der Waals surface area contributed by atoms with Gasteiger partial charge in [-0.2, -0.15) is 13.2 Å². The van der Waals surface area contributed by atoms with Crippen molar-refractivity contribution >= 4 is 17.9 Å². The second kappa shape index (κ2) is 8.63. The maximum Gasteiger partial charge on any atom is 0.344 e. The lowest BCUT2D eigenvalue weighted by atomic mass is 10.1. The summed E-state index contributed by atoms with van der Waals surface area (Å²) in [6, 6.07) is 9.24. The molecule has 0 radical (unpaired) electrons. The summed E-state index contributed by atoms with van der Waals surface area (Å²) in [4.78, 5) is 11.7. The first-order chi connectivity index (χ1) is 11.9. The number of carbonyl (C=O) groups excluding carboxylic acids is 1. The van der Waals surface area contributed by atoms with Gasteiger partial charge in [0.05, 0.1) is 0 Å². The Morgan fingerprint density at radius 2 is 1.28 bits per heavy atom. The summed E-state index contributed by atoms with van der Waals surface area (Å²) in [5, 5.41) is 0. The van der Waals surface area contributed by atoms with Crippen LogP contribution in [0.5, 0.6) is 5.75 Å². The summed E-state index contributed by atoms with van der Waals surface area (Å²) in [5.41, 5.74) is 1.28. The molecule has 0 atom stereocenters. The molecular weight excluding hydrogens is 336 g/mol. The molecule has 6 heteroatoms. The van der Waals surface area contributed by atoms with Crippen LogP contribution < -0.4 is 4.74 Å². The van der Waals surface area contributed by atoms with Crippen molar-refractivity contribution in [1.29, 1.82) is 0 Å². The van der Waals surface area contributed by atoms with Gasteiger partial charge < -0.3 is 4.74 Å². The lowest BCUT2D eigenvalue weighted by Gasteiger charge is -2.01. The van der Waals surface area contributed by atoms with Gasteiger partial charge in [-0.15, -0.1) is 0 Å². The van der Waals surface area contributed by atoms with Crippen LogP contribution in [0.4, 0.5) is 17.6 Å². The first-order valence-electron chi connectivity index (χ1n) is 7.08. The normalized spacial score (nSPS) is 11.0. The Morgan fingerprint density at radius 1 is 0.800 bits per heavy atom. The van der Waals surface area contributed by atoms with Gasteiger partial charge in [0.25, 0.3) is 0 Å². The Bertz CT molecular complexity index is 816. The Balaban J connectivity index is 1.95. The standard InChI is InChI=1S/C19H12F4O2/c20-15-7-1-13(2-8-15)3-9-16(24)10-4-14-5-11-17(12-6-14)25-19(23)18(21)22/h1-12H. The van der Waals surface area contributed by atoms with E-state index in [9.17, 15) is 22.4 Å². The summed E-state index contributed by atoms with van der Waals surface area (Å²) in [5.74, 6) is -0.747. The molecule has 2 rings (SSSR count). The summed E-state index contributed by atoms with van der Waals surface area (Å²) in [6.45, 7) is 0. The van der Waals surface area contributed by atoms with Crippen molar-refractivity contribution in [1.82, 2.24) is 0 Å². The molecular formula is C19H12F4O2. The number of hydrogen-bond donors (Lipinski definition) is 0. The molecule has 2 aromatic carbocycles. The second-order valence-corrected chi connectivity index (χ2v) is 4.83. The van der Waals surface area contributed by atoms with Gasteiger partial charge in [0, 0.05) is 0 Å². The first kappa shape index (κ1) is 18.2. The number of halogens is 4. The van der Waals surface area contributed by atoms with Crippen molar-refractivity contribution < 1.29 is 27.1 Å². The molecule has 0 aromatic heterocycles. The Hall–Kier alpha value is -3.15. The molecule has 0 bridgehead atoms. The first-order valence-corrected chi connectivity index (χ1v) is 7.08. The minimum Gasteiger partial charge on any atom is -0.428 e. The van der Waals surface area contributed by atoms with E-state index in [1.54, 1.807) is 6.08 Å². The molecule has 0 amide bonds. The van der Waals surface area contributed by atoms with Crippen LogP contribution in [0.15, 0.2) is 72.8 Å². The molecule has 2 nitrogen and oxygen atoms in total. The molecule has 0 aliphatic carbocycles. The number of hydrogen-bond acceptors (Lipinski definition) is 2. The highest BCUT2D eigenvalue weighted by atomic mass is 19.3. The van der Waals surface area contributed by atoms with Gasteiger partial charge in [0.15, 0.2) is 5.78 Å². The second-order valence-electron chi connectivity index (χ2n) is 4.83. The third-order valence-electron chi connectivity index (χ3n) is 2.99. The zero-order valence-electron chi connectivity index (χ0n) is 12.8. The van der Waals surface area contributed by atoms with Gasteiger partial charge in [-0.1, -0.05) is 36.4 Å². The molecule has 0 heterocycles. The van der Waals surface area contributed by atoms with Gasteiger partial charge in [0.1, 0.15) is 11.6 Å². The smallest absolute Gasteiger partial charge is 0.344 e. The molecule has 128 valence electrons. The fourth-order valence-corrected chi connectivity index (χ4v) is 1.78. The minimum atomic E-state index is -2.54. The third kappa shape index (κ3) is 6.10. The van der Waals surface area contributed by atoms with Crippen molar-refractivity contribution in [3.05, 3.63) is 89.7 Å². The number of ketones is 1. The maximum absolute atomic E-state index is 12.8. The summed E-state index contributed by atoms with van der Waals surface area (Å²) in [6.07, 6.45) is 3.14. The number of rotatable bonds is 6. The lowest BCUT2D eigenvalue weighted by Crippen LogP contribution is -1.90. The summed E-state index contributed by atoms with van der Waals surface area (Å²) in [7, 11) is 0. The number of benzene rings is 2. The fraction of sp³-hybridized carbons (Fsp3) is 0. The highest BCUT2D eigenvalue weighted by Gasteiger charge is 2.07. The molecule has 25 heavy (non-hydrogen) atoms. The quantitative estimate of drug-likeness (QED) is 0.389. The zero-order valence-corrected chi connectivity index (χ0v) is 12.8. The molecule has 0 saturated carbocycles. The van der Waals surface area contributed by atoms with E-state index in [1.165, 1.54) is 66.8 Å². The van der Waals surface area contributed by atoms with Crippen LogP contribution in [0, 0.1) is 5.82 Å². The van der Waals surface area contributed by atoms with Gasteiger partial charge in [-0.25, -0.2) is 4.39 Å². The van der Waals surface area contributed by atoms with E-state index in [4.69, 9.17) is 0 Å². The molecule has 0 aliphatic rings. The molecule has 2 aromatic rings. The van der Waals surface area contributed by atoms with Gasteiger partial charge in [-0.05, 0) is 47.5 Å². The van der Waals surface area contributed by atoms with E-state index in [2.05, 4.69) is 4.74 Å². The van der Waals surface area contributed by atoms with Crippen molar-refractivity contribution in [3.8, 4) is 5.75 Å². The highest BCUT2D eigenvalue weighted by molar-refractivity contribution is 6.04. The van der Waals surface area contributed by atoms with Crippen molar-refractivity contribution in [3.63, 3.8) is 0 Å². The van der Waals surface area contributed by atoms with Crippen LogP contribution in [-0.4, -0.2) is 5.78 Å². The van der Waals surface area contributed by atoms with E-state index < -0.39 is 12.1 Å². The summed E-state index contributed by atoms with van der Waals surface area (Å²) >= 11 is 0. The zero-order chi connectivity index (χ0) is 18.2. The predicted octanol–water partition coefficient (Wildman–Crippen LogP) is 5.54. The van der Waals surface area contributed by atoms with E-state index in [-0.39, 0.29) is 17.3 Å². The highest BCUT2D eigenvalue weighted by Crippen LogP contribution is 2.19. The van der Waals surface area contributed by atoms with Crippen LogP contribution in [0.2, 0.25) is 0 Å². The molecule has 0 N–H and O–H groups in total. The van der Waals surface area contributed by atoms with Crippen molar-refractivity contribution in [2.75, 3.05) is 0 Å². The van der Waals surface area contributed by atoms with Crippen molar-refractivity contribution in [2.45, 2.75) is 0 Å². The van der Waals surface area contributed by atoms with E-state index in [1.807, 2.05) is 0 Å². The van der Waals surface area contributed by atoms with Crippen molar-refractivity contribution in [2.24, 2.45) is 0 Å². The van der Waals surface area contributed by atoms with Gasteiger partial charge >= 0.3 is 12.1 Å². The van der Waals surface area contributed by atoms with Crippen LogP contribution in [0.3, 0.4) is 0 Å². The monoisotopic (exact) mass is 348 g/mol. The third-order valence-corrected chi connectivity index (χ3v) is 2.99. The van der Waals surface area contributed by atoms with Crippen LogP contribution in [0.1, 0.15) is 11.1 Å². The van der Waals surface area contributed by atoms with E-state index in [0.29, 0.717) is 11.1 Å². The van der Waals surface area contributed by atoms with E-state index >= 15 is 0 Å². The Kier molecular flexibility index (Phi) is 6.28. The maximum atomic E-state index is 12.8. The molecule has 0 saturated heterocycles. The van der Waals surface area contributed by atoms with Crippen LogP contribution in [-0.2, 0) is 4.79 Å². The van der Waals surface area contributed by atoms with Crippen LogP contribution >= 0.6 is 0 Å². The average molecular weight is 348 g/mol. The predicted molar refractivity (Wildman–Crippen MR) is 86.9 cm³/mol. The topological polar surface area (TPSA) is 26.3 Å². The van der Waals surface area contributed by atoms with Crippen LogP contribution in [0.25, 0.3) is 12.2 Å². The van der Waals surface area contributed by atoms with Gasteiger partial charge in [0.2, 0.25) is 0 Å². The van der Waals surface area contributed by atoms with Gasteiger partial charge in [-0.3, -0.25) is 4.79 Å². The summed E-state index contributed by atoms with van der Waals surface area (Å²) < 4.78 is 53.5. The molecule has 0 fully saturated rings. The Morgan fingerprint density at radius 3 is 1.76 bits per heavy atom. The number of carbonyl (C=O) groups is 1. The molecule has 0 aliphatic heterocycles. The lowest BCUT2D eigenvalue weighted by molar-refractivity contribution is -0.110. The number of ether oxygens (including phenoxy) is 1. The minimum absolute atomic E-state index is 0.0926. The largest absolute Gasteiger partial charge is 0.428 e. The molecule has 0 spiro atoms. The SMILES string of the molecule is O=C(C=Cc1ccc(F)cc1)C=Cc1ccc(OC(F)=C(F)F)cc1.